The fraction of sp³-hybridized carbons (Fsp3) is 0.619. The van der Waals surface area contributed by atoms with Crippen molar-refractivity contribution in [2.75, 3.05) is 27.9 Å². The highest BCUT2D eigenvalue weighted by Gasteiger charge is 2.61. The van der Waals surface area contributed by atoms with Crippen molar-refractivity contribution in [3.05, 3.63) is 28.8 Å². The fourth-order valence-electron chi connectivity index (χ4n) is 5.21. The molecule has 4 atom stereocenters. The van der Waals surface area contributed by atoms with Crippen molar-refractivity contribution in [3.8, 4) is 17.2 Å². The summed E-state index contributed by atoms with van der Waals surface area (Å²) < 4.78 is 23.4. The Morgan fingerprint density at radius 2 is 1.84 bits per heavy atom. The maximum Gasteiger partial charge on any atom is 0.203 e. The van der Waals surface area contributed by atoms with Crippen LogP contribution in [0.1, 0.15) is 50.3 Å². The molecule has 4 heteroatoms. The number of hydrogen-bond acceptors (Lipinski definition) is 4. The van der Waals surface area contributed by atoms with Gasteiger partial charge in [-0.2, -0.15) is 0 Å². The molecule has 0 N–H and O–H groups in total. The first-order chi connectivity index (χ1) is 12.0. The quantitative estimate of drug-likeness (QED) is 0.754. The fourth-order valence-corrected chi connectivity index (χ4v) is 5.21. The van der Waals surface area contributed by atoms with Crippen molar-refractivity contribution in [3.63, 3.8) is 0 Å². The Labute approximate surface area is 150 Å². The van der Waals surface area contributed by atoms with Gasteiger partial charge in [-0.05, 0) is 29.9 Å². The van der Waals surface area contributed by atoms with E-state index in [1.54, 1.807) is 21.3 Å². The molecule has 0 saturated carbocycles. The molecule has 4 nitrogen and oxygen atoms in total. The molecule has 1 aromatic rings. The van der Waals surface area contributed by atoms with Gasteiger partial charge in [0.05, 0.1) is 34.0 Å². The van der Waals surface area contributed by atoms with Crippen molar-refractivity contribution in [2.24, 2.45) is 17.3 Å². The van der Waals surface area contributed by atoms with Gasteiger partial charge >= 0.3 is 0 Å². The number of benzene rings is 1. The van der Waals surface area contributed by atoms with Crippen LogP contribution in [0.3, 0.4) is 0 Å². The second-order valence-corrected chi connectivity index (χ2v) is 8.00. The minimum Gasteiger partial charge on any atom is -0.493 e. The van der Waals surface area contributed by atoms with Crippen LogP contribution in [0.5, 0.6) is 17.2 Å². The summed E-state index contributed by atoms with van der Waals surface area (Å²) in [5.41, 5.74) is 4.02. The Balaban J connectivity index is 1.99. The largest absolute Gasteiger partial charge is 0.493 e. The van der Waals surface area contributed by atoms with Gasteiger partial charge in [-0.25, -0.2) is 0 Å². The molecule has 1 aliphatic heterocycles. The molecule has 0 amide bonds. The highest BCUT2D eigenvalue weighted by molar-refractivity contribution is 5.65. The lowest BCUT2D eigenvalue weighted by atomic mass is 9.62. The minimum absolute atomic E-state index is 0.0748. The average molecular weight is 344 g/mol. The second-order valence-electron chi connectivity index (χ2n) is 8.00. The van der Waals surface area contributed by atoms with Crippen molar-refractivity contribution in [2.45, 2.75) is 39.2 Å². The minimum atomic E-state index is 0.0748. The number of ether oxygens (including phenoxy) is 4. The first-order valence-corrected chi connectivity index (χ1v) is 9.12. The molecule has 1 saturated heterocycles. The number of hydrogen-bond donors (Lipinski definition) is 0. The molecule has 1 heterocycles. The number of allylic oxidation sites excluding steroid dienone is 2. The van der Waals surface area contributed by atoms with E-state index in [9.17, 15) is 0 Å². The summed E-state index contributed by atoms with van der Waals surface area (Å²) in [6.45, 7) is 7.77. The molecular weight excluding hydrogens is 316 g/mol. The first-order valence-electron chi connectivity index (χ1n) is 9.12. The van der Waals surface area contributed by atoms with Gasteiger partial charge in [-0.1, -0.05) is 32.4 Å². The molecule has 0 bridgehead atoms. The molecule has 136 valence electrons. The van der Waals surface area contributed by atoms with Gasteiger partial charge in [0.15, 0.2) is 11.5 Å². The van der Waals surface area contributed by atoms with Crippen LogP contribution >= 0.6 is 0 Å². The summed E-state index contributed by atoms with van der Waals surface area (Å²) in [5.74, 6) is 3.56. The highest BCUT2D eigenvalue weighted by Crippen LogP contribution is 2.69. The normalized spacial score (nSPS) is 32.3. The topological polar surface area (TPSA) is 36.9 Å². The summed E-state index contributed by atoms with van der Waals surface area (Å²) >= 11 is 0. The van der Waals surface area contributed by atoms with Crippen molar-refractivity contribution >= 4 is 0 Å². The van der Waals surface area contributed by atoms with Gasteiger partial charge < -0.3 is 18.9 Å². The van der Waals surface area contributed by atoms with E-state index in [0.717, 1.165) is 18.8 Å². The van der Waals surface area contributed by atoms with E-state index in [4.69, 9.17) is 18.9 Å². The summed E-state index contributed by atoms with van der Waals surface area (Å²) in [4.78, 5) is 0. The average Bonchev–Trinajstić information content (AvgIpc) is 3.07. The Bertz CT molecular complexity index is 736. The van der Waals surface area contributed by atoms with Gasteiger partial charge in [-0.15, -0.1) is 0 Å². The third-order valence-electron chi connectivity index (χ3n) is 6.68. The molecule has 4 rings (SSSR count). The Morgan fingerprint density at radius 1 is 1.12 bits per heavy atom. The van der Waals surface area contributed by atoms with Gasteiger partial charge in [0, 0.05) is 16.9 Å². The zero-order valence-electron chi connectivity index (χ0n) is 16.0. The van der Waals surface area contributed by atoms with Crippen molar-refractivity contribution in [1.82, 2.24) is 0 Å². The predicted molar refractivity (Wildman–Crippen MR) is 96.7 cm³/mol. The van der Waals surface area contributed by atoms with E-state index in [-0.39, 0.29) is 11.5 Å². The monoisotopic (exact) mass is 344 g/mol. The molecule has 0 aromatic heterocycles. The molecule has 2 aliphatic carbocycles. The van der Waals surface area contributed by atoms with Crippen LogP contribution < -0.4 is 14.2 Å². The molecule has 0 radical (unpaired) electrons. The number of rotatable bonds is 4. The third-order valence-corrected chi connectivity index (χ3v) is 6.68. The first kappa shape index (κ1) is 16.8. The third kappa shape index (κ3) is 2.03. The summed E-state index contributed by atoms with van der Waals surface area (Å²) in [5, 5.41) is 0. The zero-order valence-corrected chi connectivity index (χ0v) is 16.0. The van der Waals surface area contributed by atoms with E-state index in [1.165, 1.54) is 16.7 Å². The van der Waals surface area contributed by atoms with Gasteiger partial charge in [0.2, 0.25) is 5.75 Å². The Hall–Kier alpha value is -1.68. The van der Waals surface area contributed by atoms with Crippen molar-refractivity contribution in [1.29, 1.82) is 0 Å². The summed E-state index contributed by atoms with van der Waals surface area (Å²) in [6, 6.07) is 2.09. The van der Waals surface area contributed by atoms with Crippen LogP contribution in [0.2, 0.25) is 0 Å². The van der Waals surface area contributed by atoms with Crippen LogP contribution in [-0.2, 0) is 4.74 Å². The van der Waals surface area contributed by atoms with E-state index >= 15 is 0 Å². The van der Waals surface area contributed by atoms with E-state index < -0.39 is 0 Å². The predicted octanol–water partition coefficient (Wildman–Crippen LogP) is 4.49. The molecule has 3 aliphatic rings. The lowest BCUT2D eigenvalue weighted by molar-refractivity contribution is 0.0606. The van der Waals surface area contributed by atoms with Gasteiger partial charge in [0.1, 0.15) is 0 Å². The second kappa shape index (κ2) is 5.66. The van der Waals surface area contributed by atoms with Crippen LogP contribution in [0.15, 0.2) is 17.7 Å². The Kier molecular flexibility index (Phi) is 3.80. The molecule has 1 fully saturated rings. The Morgan fingerprint density at radius 3 is 2.44 bits per heavy atom. The van der Waals surface area contributed by atoms with Crippen LogP contribution in [0.4, 0.5) is 0 Å². The summed E-state index contributed by atoms with van der Waals surface area (Å²) in [6.07, 6.45) is 3.70. The lowest BCUT2D eigenvalue weighted by Crippen LogP contribution is -2.33. The van der Waals surface area contributed by atoms with E-state index in [2.05, 4.69) is 32.9 Å². The SMILES string of the molecule is COc1cc2c(c(OC)c1OC)C1C=C(C(C)C)C[C@H]3CO[C@@H]2[C@@]13C. The standard InChI is InChI=1S/C21H28O4/c1-11(2)12-7-13-10-25-20-14-9-16(22-4)18(23-5)19(24-6)17(14)15(8-12)21(13,20)3/h8-9,11,13,15,20H,7,10H2,1-6H3/t13-,15?,20-,21+/m0/s1. The molecular formula is C21H28O4. The summed E-state index contributed by atoms with van der Waals surface area (Å²) in [7, 11) is 5.05. The van der Waals surface area contributed by atoms with Crippen LogP contribution in [-0.4, -0.2) is 27.9 Å². The smallest absolute Gasteiger partial charge is 0.203 e. The molecule has 1 aromatic carbocycles. The van der Waals surface area contributed by atoms with Gasteiger partial charge in [-0.3, -0.25) is 0 Å². The molecule has 25 heavy (non-hydrogen) atoms. The van der Waals surface area contributed by atoms with Crippen LogP contribution in [0.25, 0.3) is 0 Å². The number of fused-ring (bicyclic) bond motifs is 3. The van der Waals surface area contributed by atoms with Crippen LogP contribution in [0, 0.1) is 17.3 Å². The van der Waals surface area contributed by atoms with E-state index in [0.29, 0.717) is 29.3 Å². The van der Waals surface area contributed by atoms with Gasteiger partial charge in [0.25, 0.3) is 0 Å². The molecule has 1 unspecified atom stereocenters. The zero-order chi connectivity index (χ0) is 17.9. The maximum absolute atomic E-state index is 6.34. The van der Waals surface area contributed by atoms with Crippen molar-refractivity contribution < 1.29 is 18.9 Å². The van der Waals surface area contributed by atoms with E-state index in [1.807, 2.05) is 0 Å². The maximum atomic E-state index is 6.34. The molecule has 0 spiro atoms. The highest BCUT2D eigenvalue weighted by atomic mass is 16.5. The lowest BCUT2D eigenvalue weighted by Gasteiger charge is -2.40. The number of methoxy groups -OCH3 is 3.